The third-order valence-corrected chi connectivity index (χ3v) is 5.40. The number of nitrogens with zero attached hydrogens (tertiary/aromatic N) is 3. The van der Waals surface area contributed by atoms with E-state index in [9.17, 15) is 26.0 Å². The fraction of sp³-hybridized carbons (Fsp3) is 0.263. The fourth-order valence-electron chi connectivity index (χ4n) is 2.70. The molecule has 0 atom stereocenters. The number of halogens is 5. The molecule has 1 aromatic carbocycles. The minimum absolute atomic E-state index is 0.00739. The minimum atomic E-state index is -6.09. The Morgan fingerprint density at radius 1 is 1.15 bits per heavy atom. The van der Waals surface area contributed by atoms with E-state index in [1.165, 1.54) is 30.3 Å². The quantitative estimate of drug-likeness (QED) is 0.194. The van der Waals surface area contributed by atoms with E-state index in [0.717, 1.165) is 18.2 Å². The molecule has 0 radical (unpaired) electrons. The molecule has 0 saturated heterocycles. The van der Waals surface area contributed by atoms with Gasteiger partial charge in [0.05, 0.1) is 29.1 Å². The molecule has 0 N–H and O–H groups in total. The van der Waals surface area contributed by atoms with Gasteiger partial charge in [-0.2, -0.15) is 26.7 Å². The molecule has 3 rings (SSSR count). The van der Waals surface area contributed by atoms with Gasteiger partial charge in [0.25, 0.3) is 0 Å². The Morgan fingerprint density at radius 2 is 1.88 bits per heavy atom. The van der Waals surface area contributed by atoms with Gasteiger partial charge >= 0.3 is 15.6 Å². The van der Waals surface area contributed by atoms with Crippen LogP contribution in [-0.4, -0.2) is 49.0 Å². The summed E-state index contributed by atoms with van der Waals surface area (Å²) in [6.45, 7) is 0.0969. The number of hydrogen-bond donors (Lipinski definition) is 0. The van der Waals surface area contributed by atoms with Crippen molar-refractivity contribution in [2.24, 2.45) is 7.05 Å². The summed E-state index contributed by atoms with van der Waals surface area (Å²) in [6, 6.07) is 4.29. The topological polar surface area (TPSA) is 92.5 Å². The van der Waals surface area contributed by atoms with Crippen LogP contribution < -0.4 is 8.92 Å². The Bertz CT molecular complexity index is 1260. The molecule has 3 aromatic rings. The molecule has 0 aliphatic carbocycles. The van der Waals surface area contributed by atoms with Gasteiger partial charge in [-0.3, -0.25) is 4.68 Å². The van der Waals surface area contributed by atoms with Crippen molar-refractivity contribution in [1.82, 2.24) is 14.8 Å². The second-order valence-electron chi connectivity index (χ2n) is 6.54. The summed E-state index contributed by atoms with van der Waals surface area (Å²) in [4.78, 5) is 3.93. The molecular weight excluding hydrogens is 494 g/mol. The van der Waals surface area contributed by atoms with E-state index >= 15 is 0 Å². The van der Waals surface area contributed by atoms with Crippen molar-refractivity contribution in [3.8, 4) is 34.0 Å². The average Bonchev–Trinajstić information content (AvgIpc) is 3.14. The van der Waals surface area contributed by atoms with Crippen molar-refractivity contribution in [3.05, 3.63) is 47.5 Å². The number of aryl methyl sites for hydroxylation is 1. The Morgan fingerprint density at radius 3 is 2.48 bits per heavy atom. The first kappa shape index (κ1) is 24.7. The zero-order valence-electron chi connectivity index (χ0n) is 17.1. The van der Waals surface area contributed by atoms with Crippen molar-refractivity contribution in [1.29, 1.82) is 0 Å². The van der Waals surface area contributed by atoms with E-state index in [-0.39, 0.29) is 40.8 Å². The summed E-state index contributed by atoms with van der Waals surface area (Å²) >= 11 is 6.30. The molecule has 14 heteroatoms. The number of benzene rings is 1. The van der Waals surface area contributed by atoms with Crippen LogP contribution in [0.3, 0.4) is 0 Å². The summed E-state index contributed by atoms with van der Waals surface area (Å²) in [5, 5.41) is 3.88. The molecule has 0 unspecified atom stereocenters. The van der Waals surface area contributed by atoms with E-state index < -0.39 is 27.3 Å². The molecule has 2 aromatic heterocycles. The Kier molecular flexibility index (Phi) is 7.14. The lowest BCUT2D eigenvalue weighted by Crippen LogP contribution is -2.28. The molecule has 0 saturated carbocycles. The summed E-state index contributed by atoms with van der Waals surface area (Å²) in [5.74, 6) is -1.75. The first-order chi connectivity index (χ1) is 15.4. The van der Waals surface area contributed by atoms with Gasteiger partial charge in [-0.1, -0.05) is 11.6 Å². The second kappa shape index (κ2) is 9.53. The molecule has 2 heterocycles. The summed E-state index contributed by atoms with van der Waals surface area (Å²) < 4.78 is 92.5. The highest BCUT2D eigenvalue weighted by Crippen LogP contribution is 2.42. The number of alkyl halides is 3. The third kappa shape index (κ3) is 5.54. The van der Waals surface area contributed by atoms with Gasteiger partial charge in [0, 0.05) is 37.5 Å². The lowest BCUT2D eigenvalue weighted by molar-refractivity contribution is -0.0501. The van der Waals surface area contributed by atoms with Gasteiger partial charge in [0.1, 0.15) is 18.2 Å². The molecular formula is C19H16ClF4N3O5S. The summed E-state index contributed by atoms with van der Waals surface area (Å²) in [7, 11) is -3.10. The van der Waals surface area contributed by atoms with Crippen LogP contribution in [-0.2, 0) is 21.9 Å². The number of rotatable bonds is 8. The van der Waals surface area contributed by atoms with Gasteiger partial charge in [-0.25, -0.2) is 9.37 Å². The van der Waals surface area contributed by atoms with Crippen LogP contribution in [0.15, 0.2) is 36.7 Å². The molecule has 0 bridgehead atoms. The van der Waals surface area contributed by atoms with Crippen molar-refractivity contribution >= 4 is 21.7 Å². The maximum Gasteiger partial charge on any atom is 0.534 e. The van der Waals surface area contributed by atoms with E-state index in [4.69, 9.17) is 21.1 Å². The lowest BCUT2D eigenvalue weighted by Gasteiger charge is -2.17. The van der Waals surface area contributed by atoms with Crippen LogP contribution in [0.5, 0.6) is 11.6 Å². The normalized spacial score (nSPS) is 12.1. The van der Waals surface area contributed by atoms with Gasteiger partial charge in [-0.05, 0) is 18.2 Å². The number of hydrogen-bond acceptors (Lipinski definition) is 7. The summed E-state index contributed by atoms with van der Waals surface area (Å²) in [6.07, 6.45) is 2.79. The molecule has 0 spiro atoms. The van der Waals surface area contributed by atoms with Crippen LogP contribution in [0.25, 0.3) is 22.4 Å². The van der Waals surface area contributed by atoms with Crippen LogP contribution in [0, 0.1) is 5.82 Å². The maximum absolute atomic E-state index is 13.8. The molecule has 33 heavy (non-hydrogen) atoms. The largest absolute Gasteiger partial charge is 0.534 e. The highest BCUT2D eigenvalue weighted by molar-refractivity contribution is 7.88. The highest BCUT2D eigenvalue weighted by atomic mass is 35.5. The Balaban J connectivity index is 2.22. The van der Waals surface area contributed by atoms with E-state index in [2.05, 4.69) is 14.3 Å². The molecule has 0 aliphatic rings. The van der Waals surface area contributed by atoms with Crippen molar-refractivity contribution in [2.75, 3.05) is 20.3 Å². The average molecular weight is 510 g/mol. The minimum Gasteiger partial charge on any atom is -0.490 e. The predicted octanol–water partition coefficient (Wildman–Crippen LogP) is 4.20. The van der Waals surface area contributed by atoms with E-state index in [1.54, 1.807) is 7.05 Å². The monoisotopic (exact) mass is 509 g/mol. The van der Waals surface area contributed by atoms with Crippen LogP contribution in [0.1, 0.15) is 0 Å². The Hall–Kier alpha value is -2.90. The van der Waals surface area contributed by atoms with Crippen molar-refractivity contribution < 1.29 is 39.6 Å². The highest BCUT2D eigenvalue weighted by Gasteiger charge is 2.49. The lowest BCUT2D eigenvalue weighted by atomic mass is 10.0. The first-order valence-electron chi connectivity index (χ1n) is 9.05. The first-order valence-corrected chi connectivity index (χ1v) is 10.8. The van der Waals surface area contributed by atoms with Gasteiger partial charge in [0.15, 0.2) is 0 Å². The van der Waals surface area contributed by atoms with E-state index in [1.807, 2.05) is 0 Å². The predicted molar refractivity (Wildman–Crippen MR) is 110 cm³/mol. The van der Waals surface area contributed by atoms with E-state index in [0.29, 0.717) is 5.56 Å². The molecule has 8 nitrogen and oxygen atoms in total. The summed E-state index contributed by atoms with van der Waals surface area (Å²) in [5.41, 5.74) is -5.79. The van der Waals surface area contributed by atoms with Crippen molar-refractivity contribution in [3.63, 3.8) is 0 Å². The molecule has 0 fully saturated rings. The zero-order chi connectivity index (χ0) is 24.4. The van der Waals surface area contributed by atoms with Gasteiger partial charge < -0.3 is 13.7 Å². The Labute approximate surface area is 190 Å². The number of methoxy groups -OCH3 is 1. The second-order valence-corrected chi connectivity index (χ2v) is 8.48. The van der Waals surface area contributed by atoms with Crippen LogP contribution >= 0.6 is 11.6 Å². The van der Waals surface area contributed by atoms with Gasteiger partial charge in [-0.15, -0.1) is 0 Å². The third-order valence-electron chi connectivity index (χ3n) is 4.17. The molecule has 178 valence electrons. The van der Waals surface area contributed by atoms with Crippen LogP contribution in [0.4, 0.5) is 17.6 Å². The number of aromatic nitrogens is 3. The SMILES string of the molecule is COCCOc1cc(F)ccc1-c1cc(Cl)c(-c2cnn(C)c2)nc1OS(=O)(=O)C(F)(F)F. The number of ether oxygens (including phenoxy) is 2. The zero-order valence-corrected chi connectivity index (χ0v) is 18.6. The van der Waals surface area contributed by atoms with Gasteiger partial charge in [0.2, 0.25) is 5.88 Å². The maximum atomic E-state index is 13.8. The standard InChI is InChI=1S/C19H16ClF4N3O5S/c1-27-10-11(9-25-27)17-15(20)8-14(18(26-17)32-33(28,29)19(22,23)24)13-4-3-12(21)7-16(13)31-6-5-30-2/h3-4,7-10H,5-6H2,1-2H3. The van der Waals surface area contributed by atoms with Crippen molar-refractivity contribution in [2.45, 2.75) is 5.51 Å². The van der Waals surface area contributed by atoms with Crippen LogP contribution in [0.2, 0.25) is 5.02 Å². The fourth-order valence-corrected chi connectivity index (χ4v) is 3.39. The molecule has 0 aliphatic heterocycles. The molecule has 0 amide bonds. The smallest absolute Gasteiger partial charge is 0.490 e. The number of pyridine rings is 1.